The molecule has 1 aromatic carbocycles. The van der Waals surface area contributed by atoms with E-state index in [1.807, 2.05) is 6.07 Å². The molecule has 0 atom stereocenters. The lowest BCUT2D eigenvalue weighted by molar-refractivity contribution is -0.123. The molecular formula is C26H33ClFN3O3Si. The van der Waals surface area contributed by atoms with E-state index in [0.29, 0.717) is 53.9 Å². The first-order valence-electron chi connectivity index (χ1n) is 12.5. The summed E-state index contributed by atoms with van der Waals surface area (Å²) in [5, 5.41) is 0.331. The number of fused-ring (bicyclic) bond motifs is 3. The molecule has 188 valence electrons. The molecule has 35 heavy (non-hydrogen) atoms. The minimum absolute atomic E-state index is 0.0334. The van der Waals surface area contributed by atoms with Gasteiger partial charge in [-0.2, -0.15) is 0 Å². The van der Waals surface area contributed by atoms with E-state index < -0.39 is 19.5 Å². The highest BCUT2D eigenvalue weighted by Gasteiger charge is 2.54. The summed E-state index contributed by atoms with van der Waals surface area (Å²) < 4.78 is 26.7. The molecule has 5 rings (SSSR count). The Morgan fingerprint density at radius 3 is 2.60 bits per heavy atom. The first kappa shape index (κ1) is 24.7. The summed E-state index contributed by atoms with van der Waals surface area (Å²) in [4.78, 5) is 25.1. The van der Waals surface area contributed by atoms with Crippen LogP contribution in [0.5, 0.6) is 5.75 Å². The second-order valence-corrected chi connectivity index (χ2v) is 16.6. The fourth-order valence-corrected chi connectivity index (χ4v) is 6.50. The highest BCUT2D eigenvalue weighted by molar-refractivity contribution is 6.74. The standard InChI is InChI=1S/C26H33ClFN3O3Si/c1-25(2,3)35(4,5)34-15-19-29-22(27)20-23(30-19)31(24(32)26(20)10-7-6-8-11-26)17-13-16-9-12-33-21(16)18(28)14-17/h13-14H,6-12,15H2,1-5H3. The van der Waals surface area contributed by atoms with Crippen molar-refractivity contribution in [3.8, 4) is 5.75 Å². The Balaban J connectivity index is 1.61. The van der Waals surface area contributed by atoms with Gasteiger partial charge in [0.05, 0.1) is 24.3 Å². The number of ether oxygens (including phenoxy) is 1. The zero-order chi connectivity index (χ0) is 25.2. The predicted molar refractivity (Wildman–Crippen MR) is 137 cm³/mol. The average molecular weight is 518 g/mol. The normalized spacial score (nSPS) is 19.2. The smallest absolute Gasteiger partial charge is 0.243 e. The van der Waals surface area contributed by atoms with E-state index in [2.05, 4.69) is 38.8 Å². The van der Waals surface area contributed by atoms with Crippen LogP contribution < -0.4 is 9.64 Å². The molecule has 0 bridgehead atoms. The molecule has 3 aliphatic rings. The third kappa shape index (κ3) is 3.98. The number of halogens is 2. The Morgan fingerprint density at radius 1 is 1.20 bits per heavy atom. The molecule has 0 N–H and O–H groups in total. The van der Waals surface area contributed by atoms with Crippen molar-refractivity contribution < 1.29 is 18.3 Å². The van der Waals surface area contributed by atoms with Crippen molar-refractivity contribution in [1.82, 2.24) is 9.97 Å². The molecular weight excluding hydrogens is 485 g/mol. The van der Waals surface area contributed by atoms with Crippen molar-refractivity contribution in [2.45, 2.75) is 89.5 Å². The molecule has 1 aliphatic carbocycles. The highest BCUT2D eigenvalue weighted by atomic mass is 35.5. The zero-order valence-corrected chi connectivity index (χ0v) is 22.9. The Labute approximate surface area is 212 Å². The number of benzene rings is 1. The van der Waals surface area contributed by atoms with Crippen molar-refractivity contribution in [1.29, 1.82) is 0 Å². The summed E-state index contributed by atoms with van der Waals surface area (Å²) in [7, 11) is -2.05. The van der Waals surface area contributed by atoms with Crippen LogP contribution in [0.1, 0.15) is 69.8 Å². The summed E-state index contributed by atoms with van der Waals surface area (Å²) in [6.07, 6.45) is 4.92. The topological polar surface area (TPSA) is 64.6 Å². The number of aromatic nitrogens is 2. The van der Waals surface area contributed by atoms with E-state index >= 15 is 0 Å². The first-order chi connectivity index (χ1) is 16.4. The van der Waals surface area contributed by atoms with Crippen LogP contribution in [0.3, 0.4) is 0 Å². The van der Waals surface area contributed by atoms with E-state index in [1.165, 1.54) is 6.07 Å². The van der Waals surface area contributed by atoms with Crippen molar-refractivity contribution in [3.63, 3.8) is 0 Å². The average Bonchev–Trinajstić information content (AvgIpc) is 3.34. The third-order valence-corrected chi connectivity index (χ3v) is 13.0. The van der Waals surface area contributed by atoms with Gasteiger partial charge < -0.3 is 9.16 Å². The molecule has 0 saturated heterocycles. The van der Waals surface area contributed by atoms with Gasteiger partial charge in [0.1, 0.15) is 11.0 Å². The Hall–Kier alpha value is -2.03. The summed E-state index contributed by atoms with van der Waals surface area (Å²) >= 11 is 6.81. The minimum Gasteiger partial charge on any atom is -0.490 e. The molecule has 3 heterocycles. The Bertz CT molecular complexity index is 1190. The lowest BCUT2D eigenvalue weighted by atomic mass is 9.71. The van der Waals surface area contributed by atoms with E-state index in [1.54, 1.807) is 4.90 Å². The molecule has 0 unspecified atom stereocenters. The predicted octanol–water partition coefficient (Wildman–Crippen LogP) is 6.61. The molecule has 1 amide bonds. The molecule has 1 fully saturated rings. The lowest BCUT2D eigenvalue weighted by Crippen LogP contribution is -2.40. The van der Waals surface area contributed by atoms with E-state index in [4.69, 9.17) is 25.7 Å². The van der Waals surface area contributed by atoms with Crippen molar-refractivity contribution >= 4 is 37.3 Å². The zero-order valence-electron chi connectivity index (χ0n) is 21.1. The lowest BCUT2D eigenvalue weighted by Gasteiger charge is -2.36. The second kappa shape index (κ2) is 8.52. The molecule has 1 aromatic heterocycles. The van der Waals surface area contributed by atoms with Gasteiger partial charge in [-0.3, -0.25) is 9.69 Å². The summed E-state index contributed by atoms with van der Waals surface area (Å²) in [5.74, 6) is 0.620. The number of hydrogen-bond donors (Lipinski definition) is 0. The van der Waals surface area contributed by atoms with Crippen molar-refractivity contribution in [2.75, 3.05) is 11.5 Å². The fourth-order valence-electron chi connectivity index (χ4n) is 5.21. The Morgan fingerprint density at radius 2 is 1.91 bits per heavy atom. The molecule has 9 heteroatoms. The maximum absolute atomic E-state index is 14.9. The number of rotatable bonds is 4. The Kier molecular flexibility index (Phi) is 6.00. The first-order valence-corrected chi connectivity index (χ1v) is 15.7. The third-order valence-electron chi connectivity index (χ3n) is 8.25. The van der Waals surface area contributed by atoms with Gasteiger partial charge in [-0.05, 0) is 37.0 Å². The molecule has 0 radical (unpaired) electrons. The number of anilines is 2. The van der Waals surface area contributed by atoms with Crippen LogP contribution in [0.2, 0.25) is 23.3 Å². The van der Waals surface area contributed by atoms with Crippen LogP contribution in [0.4, 0.5) is 15.9 Å². The molecule has 2 aliphatic heterocycles. The van der Waals surface area contributed by atoms with Crippen LogP contribution in [-0.4, -0.2) is 30.8 Å². The fraction of sp³-hybridized carbons (Fsp3) is 0.577. The van der Waals surface area contributed by atoms with Crippen LogP contribution in [0.15, 0.2) is 12.1 Å². The molecule has 6 nitrogen and oxygen atoms in total. The molecule has 1 spiro atoms. The maximum Gasteiger partial charge on any atom is 0.243 e. The van der Waals surface area contributed by atoms with Gasteiger partial charge >= 0.3 is 0 Å². The van der Waals surface area contributed by atoms with E-state index in [0.717, 1.165) is 24.8 Å². The van der Waals surface area contributed by atoms with Gasteiger partial charge in [0.25, 0.3) is 0 Å². The number of amides is 1. The van der Waals surface area contributed by atoms with Gasteiger partial charge in [0.2, 0.25) is 5.91 Å². The van der Waals surface area contributed by atoms with Crippen LogP contribution in [-0.2, 0) is 27.7 Å². The number of carbonyl (C=O) groups is 1. The van der Waals surface area contributed by atoms with Gasteiger partial charge in [0, 0.05) is 23.6 Å². The van der Waals surface area contributed by atoms with E-state index in [9.17, 15) is 9.18 Å². The second-order valence-electron chi connectivity index (χ2n) is 11.5. The van der Waals surface area contributed by atoms with Gasteiger partial charge in [-0.25, -0.2) is 14.4 Å². The number of nitrogens with zero attached hydrogens (tertiary/aromatic N) is 3. The summed E-state index contributed by atoms with van der Waals surface area (Å²) in [6.45, 7) is 11.5. The quantitative estimate of drug-likeness (QED) is 0.337. The van der Waals surface area contributed by atoms with Gasteiger partial charge in [-0.15, -0.1) is 0 Å². The minimum atomic E-state index is -2.05. The van der Waals surface area contributed by atoms with Crippen LogP contribution in [0.25, 0.3) is 0 Å². The monoisotopic (exact) mass is 517 g/mol. The molecule has 2 aromatic rings. The largest absolute Gasteiger partial charge is 0.490 e. The maximum atomic E-state index is 14.9. The number of carbonyl (C=O) groups excluding carboxylic acids is 1. The van der Waals surface area contributed by atoms with Gasteiger partial charge in [0.15, 0.2) is 25.7 Å². The summed E-state index contributed by atoms with van der Waals surface area (Å²) in [5.41, 5.74) is 1.14. The SMILES string of the molecule is CC(C)(C)[Si](C)(C)OCc1nc(Cl)c2c(n1)N(c1cc(F)c3c(c1)CCO3)C(=O)C21CCCCC1. The van der Waals surface area contributed by atoms with E-state index in [-0.39, 0.29) is 23.3 Å². The number of hydrogen-bond acceptors (Lipinski definition) is 5. The highest BCUT2D eigenvalue weighted by Crippen LogP contribution is 2.54. The van der Waals surface area contributed by atoms with Gasteiger partial charge in [-0.1, -0.05) is 51.6 Å². The molecule has 1 saturated carbocycles. The van der Waals surface area contributed by atoms with Crippen LogP contribution in [0, 0.1) is 5.82 Å². The van der Waals surface area contributed by atoms with Crippen LogP contribution >= 0.6 is 11.6 Å². The van der Waals surface area contributed by atoms with Crippen molar-refractivity contribution in [3.05, 3.63) is 40.1 Å². The summed E-state index contributed by atoms with van der Waals surface area (Å²) in [6, 6.07) is 3.21. The van der Waals surface area contributed by atoms with Crippen molar-refractivity contribution in [2.24, 2.45) is 0 Å².